The maximum absolute atomic E-state index is 13.1. The molecule has 7 nitrogen and oxygen atoms in total. The fourth-order valence-corrected chi connectivity index (χ4v) is 2.87. The number of anilines is 2. The Morgan fingerprint density at radius 1 is 1.30 bits per heavy atom. The first-order chi connectivity index (χ1) is 13.0. The van der Waals surface area contributed by atoms with Crippen molar-refractivity contribution in [3.05, 3.63) is 42.6 Å². The number of aromatic nitrogens is 1. The van der Waals surface area contributed by atoms with Crippen molar-refractivity contribution in [2.45, 2.75) is 32.3 Å². The van der Waals surface area contributed by atoms with E-state index >= 15 is 0 Å². The molecule has 1 aliphatic rings. The molecule has 0 saturated carbocycles. The highest BCUT2D eigenvalue weighted by molar-refractivity contribution is 6.19. The van der Waals surface area contributed by atoms with Crippen LogP contribution in [0.5, 0.6) is 11.5 Å². The SMILES string of the molecule is CCCCN1C(=O)[C@](C)(C(=O)Nc2ccc(OC)cc2)Oc2cccnc21. The van der Waals surface area contributed by atoms with E-state index in [1.165, 1.54) is 11.8 Å². The number of fused-ring (bicyclic) bond motifs is 1. The summed E-state index contributed by atoms with van der Waals surface area (Å²) in [6.07, 6.45) is 3.33. The minimum Gasteiger partial charge on any atom is -0.497 e. The topological polar surface area (TPSA) is 80.8 Å². The summed E-state index contributed by atoms with van der Waals surface area (Å²) in [7, 11) is 1.57. The van der Waals surface area contributed by atoms with E-state index in [4.69, 9.17) is 9.47 Å². The number of nitrogens with zero attached hydrogens (tertiary/aromatic N) is 2. The Morgan fingerprint density at radius 3 is 2.70 bits per heavy atom. The van der Waals surface area contributed by atoms with Gasteiger partial charge in [-0.3, -0.25) is 14.5 Å². The van der Waals surface area contributed by atoms with E-state index in [9.17, 15) is 9.59 Å². The number of nitrogens with one attached hydrogen (secondary N) is 1. The van der Waals surface area contributed by atoms with Crippen LogP contribution in [0.25, 0.3) is 0 Å². The van der Waals surface area contributed by atoms with Crippen LogP contribution in [0.3, 0.4) is 0 Å². The van der Waals surface area contributed by atoms with Crippen LogP contribution in [0.1, 0.15) is 26.7 Å². The van der Waals surface area contributed by atoms with Gasteiger partial charge in [0.2, 0.25) is 0 Å². The van der Waals surface area contributed by atoms with E-state index in [1.807, 2.05) is 6.92 Å². The normalized spacial score (nSPS) is 18.5. The Hall–Kier alpha value is -3.09. The smallest absolute Gasteiger partial charge is 0.282 e. The number of hydrogen-bond acceptors (Lipinski definition) is 5. The lowest BCUT2D eigenvalue weighted by Crippen LogP contribution is -2.61. The molecule has 0 bridgehead atoms. The van der Waals surface area contributed by atoms with E-state index in [-0.39, 0.29) is 0 Å². The van der Waals surface area contributed by atoms with E-state index in [0.29, 0.717) is 29.5 Å². The zero-order valence-electron chi connectivity index (χ0n) is 15.7. The predicted molar refractivity (Wildman–Crippen MR) is 102 cm³/mol. The van der Waals surface area contributed by atoms with Crippen LogP contribution in [0.15, 0.2) is 42.6 Å². The Bertz CT molecular complexity index is 837. The molecule has 1 N–H and O–H groups in total. The first-order valence-corrected chi connectivity index (χ1v) is 8.91. The van der Waals surface area contributed by atoms with Gasteiger partial charge in [0.25, 0.3) is 17.4 Å². The minimum atomic E-state index is -1.68. The molecule has 0 unspecified atom stereocenters. The first kappa shape index (κ1) is 18.7. The Morgan fingerprint density at radius 2 is 2.04 bits per heavy atom. The molecule has 0 spiro atoms. The third kappa shape index (κ3) is 3.58. The molecule has 2 aromatic rings. The Labute approximate surface area is 158 Å². The predicted octanol–water partition coefficient (Wildman–Crippen LogP) is 3.01. The third-order valence-corrected chi connectivity index (χ3v) is 4.49. The van der Waals surface area contributed by atoms with Crippen molar-refractivity contribution in [2.24, 2.45) is 0 Å². The zero-order valence-corrected chi connectivity index (χ0v) is 15.7. The van der Waals surface area contributed by atoms with Crippen molar-refractivity contribution in [3.63, 3.8) is 0 Å². The summed E-state index contributed by atoms with van der Waals surface area (Å²) in [5.41, 5.74) is -1.13. The summed E-state index contributed by atoms with van der Waals surface area (Å²) in [6.45, 7) is 4.01. The maximum atomic E-state index is 13.1. The molecular formula is C20H23N3O4. The Balaban J connectivity index is 1.88. The molecule has 1 atom stereocenters. The molecule has 7 heteroatoms. The van der Waals surface area contributed by atoms with Gasteiger partial charge in [-0.05, 0) is 49.7 Å². The second-order valence-electron chi connectivity index (χ2n) is 6.45. The van der Waals surface area contributed by atoms with Gasteiger partial charge in [-0.1, -0.05) is 13.3 Å². The molecule has 0 fully saturated rings. The molecule has 0 radical (unpaired) electrons. The average Bonchev–Trinajstić information content (AvgIpc) is 2.69. The van der Waals surface area contributed by atoms with Crippen molar-refractivity contribution in [3.8, 4) is 11.5 Å². The average molecular weight is 369 g/mol. The van der Waals surface area contributed by atoms with Crippen molar-refractivity contribution >= 4 is 23.3 Å². The van der Waals surface area contributed by atoms with E-state index in [1.54, 1.807) is 49.7 Å². The molecule has 27 heavy (non-hydrogen) atoms. The van der Waals surface area contributed by atoms with E-state index in [2.05, 4.69) is 10.3 Å². The number of methoxy groups -OCH3 is 1. The lowest BCUT2D eigenvalue weighted by molar-refractivity contribution is -0.145. The second-order valence-corrected chi connectivity index (χ2v) is 6.45. The molecule has 2 heterocycles. The summed E-state index contributed by atoms with van der Waals surface area (Å²) in [6, 6.07) is 10.3. The van der Waals surface area contributed by atoms with Crippen molar-refractivity contribution in [1.29, 1.82) is 0 Å². The molecule has 0 saturated heterocycles. The number of ether oxygens (including phenoxy) is 2. The summed E-state index contributed by atoms with van der Waals surface area (Å²) >= 11 is 0. The van der Waals surface area contributed by atoms with Crippen molar-refractivity contribution < 1.29 is 19.1 Å². The fourth-order valence-electron chi connectivity index (χ4n) is 2.87. The minimum absolute atomic E-state index is 0.417. The number of amides is 2. The highest BCUT2D eigenvalue weighted by atomic mass is 16.5. The van der Waals surface area contributed by atoms with Crippen molar-refractivity contribution in [2.75, 3.05) is 23.9 Å². The number of benzene rings is 1. The molecule has 1 aromatic heterocycles. The lowest BCUT2D eigenvalue weighted by atomic mass is 10.0. The van der Waals surface area contributed by atoms with Crippen LogP contribution < -0.4 is 19.7 Å². The van der Waals surface area contributed by atoms with Gasteiger partial charge in [0, 0.05) is 18.4 Å². The zero-order chi connectivity index (χ0) is 19.4. The summed E-state index contributed by atoms with van der Waals surface area (Å²) in [5.74, 6) is 0.586. The quantitative estimate of drug-likeness (QED) is 0.792. The van der Waals surface area contributed by atoms with Gasteiger partial charge >= 0.3 is 0 Å². The van der Waals surface area contributed by atoms with Crippen LogP contribution in [-0.4, -0.2) is 36.1 Å². The monoisotopic (exact) mass is 369 g/mol. The van der Waals surface area contributed by atoms with Gasteiger partial charge in [-0.2, -0.15) is 0 Å². The van der Waals surface area contributed by atoms with Gasteiger partial charge in [0.05, 0.1) is 7.11 Å². The molecule has 2 amide bonds. The third-order valence-electron chi connectivity index (χ3n) is 4.49. The number of carbonyl (C=O) groups excluding carboxylic acids is 2. The molecule has 1 aliphatic heterocycles. The van der Waals surface area contributed by atoms with E-state index in [0.717, 1.165) is 12.8 Å². The number of pyridine rings is 1. The van der Waals surface area contributed by atoms with Crippen LogP contribution in [0.4, 0.5) is 11.5 Å². The number of unbranched alkanes of at least 4 members (excludes halogenated alkanes) is 1. The molecule has 3 rings (SSSR count). The van der Waals surface area contributed by atoms with Crippen LogP contribution >= 0.6 is 0 Å². The van der Waals surface area contributed by atoms with Gasteiger partial charge < -0.3 is 14.8 Å². The number of carbonyl (C=O) groups is 2. The number of rotatable bonds is 6. The van der Waals surface area contributed by atoms with E-state index < -0.39 is 17.4 Å². The Kier molecular flexibility index (Phi) is 5.30. The van der Waals surface area contributed by atoms with Crippen LogP contribution in [0, 0.1) is 0 Å². The molecular weight excluding hydrogens is 346 g/mol. The number of hydrogen-bond donors (Lipinski definition) is 1. The highest BCUT2D eigenvalue weighted by Crippen LogP contribution is 2.36. The van der Waals surface area contributed by atoms with Crippen LogP contribution in [0.2, 0.25) is 0 Å². The maximum Gasteiger partial charge on any atom is 0.282 e. The van der Waals surface area contributed by atoms with Crippen molar-refractivity contribution in [1.82, 2.24) is 4.98 Å². The van der Waals surface area contributed by atoms with Gasteiger partial charge in [0.1, 0.15) is 5.75 Å². The summed E-state index contributed by atoms with van der Waals surface area (Å²) in [4.78, 5) is 31.9. The highest BCUT2D eigenvalue weighted by Gasteiger charge is 2.51. The summed E-state index contributed by atoms with van der Waals surface area (Å²) in [5, 5.41) is 2.75. The second kappa shape index (κ2) is 7.65. The standard InChI is InChI=1S/C20H23N3O4/c1-4-5-13-23-17-16(7-6-12-21-17)27-20(2,19(23)25)18(24)22-14-8-10-15(26-3)11-9-14/h6-12H,4-5,13H2,1-3H3,(H,22,24)/t20-/m0/s1. The van der Waals surface area contributed by atoms with Gasteiger partial charge in [0.15, 0.2) is 11.6 Å². The molecule has 1 aromatic carbocycles. The molecule has 142 valence electrons. The van der Waals surface area contributed by atoms with Gasteiger partial charge in [-0.25, -0.2) is 4.98 Å². The largest absolute Gasteiger partial charge is 0.497 e. The lowest BCUT2D eigenvalue weighted by Gasteiger charge is -2.38. The van der Waals surface area contributed by atoms with Gasteiger partial charge in [-0.15, -0.1) is 0 Å². The summed E-state index contributed by atoms with van der Waals surface area (Å²) < 4.78 is 10.9. The fraction of sp³-hybridized carbons (Fsp3) is 0.350. The van der Waals surface area contributed by atoms with Crippen LogP contribution in [-0.2, 0) is 9.59 Å². The molecule has 0 aliphatic carbocycles. The first-order valence-electron chi connectivity index (χ1n) is 8.91.